The van der Waals surface area contributed by atoms with Gasteiger partial charge in [0.1, 0.15) is 0 Å². The molecule has 1 aromatic carbocycles. The molecule has 7 heteroatoms. The van der Waals surface area contributed by atoms with Crippen LogP contribution in [0.3, 0.4) is 0 Å². The average molecular weight is 456 g/mol. The third-order valence-corrected chi connectivity index (χ3v) is 7.52. The summed E-state index contributed by atoms with van der Waals surface area (Å²) in [4.78, 5) is 16.8. The molecule has 6 nitrogen and oxygen atoms in total. The number of carbonyl (C=O) groups is 1. The number of rotatable bonds is 7. The molecule has 1 fully saturated rings. The average Bonchev–Trinajstić information content (AvgIpc) is 3.42. The zero-order valence-corrected chi connectivity index (χ0v) is 20.1. The molecule has 32 heavy (non-hydrogen) atoms. The Kier molecular flexibility index (Phi) is 7.48. The Bertz CT molecular complexity index is 936. The summed E-state index contributed by atoms with van der Waals surface area (Å²) < 4.78 is 10.9. The van der Waals surface area contributed by atoms with Crippen LogP contribution < -0.4 is 9.47 Å². The van der Waals surface area contributed by atoms with Crippen molar-refractivity contribution < 1.29 is 14.3 Å². The van der Waals surface area contributed by atoms with Crippen molar-refractivity contribution in [1.82, 2.24) is 9.91 Å². The summed E-state index contributed by atoms with van der Waals surface area (Å²) in [6.07, 6.45) is 8.15. The number of carbonyl (C=O) groups excluding carboxylic acids is 1. The molecule has 1 amide bonds. The van der Waals surface area contributed by atoms with E-state index < -0.39 is 0 Å². The summed E-state index contributed by atoms with van der Waals surface area (Å²) in [5.41, 5.74) is 1.97. The van der Waals surface area contributed by atoms with Gasteiger partial charge in [-0.1, -0.05) is 37.8 Å². The maximum atomic E-state index is 13.5. The summed E-state index contributed by atoms with van der Waals surface area (Å²) in [5, 5.41) is 8.56. The minimum absolute atomic E-state index is 0.0445. The third kappa shape index (κ3) is 4.99. The van der Waals surface area contributed by atoms with E-state index in [4.69, 9.17) is 14.6 Å². The fourth-order valence-electron chi connectivity index (χ4n) is 4.77. The van der Waals surface area contributed by atoms with Gasteiger partial charge in [-0.15, -0.1) is 11.3 Å². The minimum atomic E-state index is -0.151. The van der Waals surface area contributed by atoms with Gasteiger partial charge in [-0.2, -0.15) is 5.10 Å². The number of methoxy groups -OCH3 is 2. The second-order valence-corrected chi connectivity index (χ2v) is 9.60. The number of ether oxygens (including phenoxy) is 2. The van der Waals surface area contributed by atoms with E-state index in [0.29, 0.717) is 30.5 Å². The monoisotopic (exact) mass is 455 g/mol. The fourth-order valence-corrected chi connectivity index (χ4v) is 5.49. The first-order valence-electron chi connectivity index (χ1n) is 11.5. The van der Waals surface area contributed by atoms with Crippen LogP contribution in [0.1, 0.15) is 61.4 Å². The van der Waals surface area contributed by atoms with Gasteiger partial charge in [0.05, 0.1) is 37.4 Å². The van der Waals surface area contributed by atoms with Crippen molar-refractivity contribution in [3.05, 3.63) is 46.2 Å². The van der Waals surface area contributed by atoms with Gasteiger partial charge in [0.25, 0.3) is 5.91 Å². The molecule has 2 aromatic rings. The van der Waals surface area contributed by atoms with Crippen molar-refractivity contribution in [1.29, 1.82) is 0 Å². The maximum absolute atomic E-state index is 13.5. The first-order chi connectivity index (χ1) is 15.6. The Labute approximate surface area is 194 Å². The number of thiophene rings is 1. The molecular weight excluding hydrogens is 422 g/mol. The highest BCUT2D eigenvalue weighted by atomic mass is 32.1. The van der Waals surface area contributed by atoms with Crippen LogP contribution in [0, 0.1) is 0 Å². The van der Waals surface area contributed by atoms with E-state index in [1.807, 2.05) is 29.6 Å². The lowest BCUT2D eigenvalue weighted by molar-refractivity contribution is -0.134. The molecule has 0 bridgehead atoms. The highest BCUT2D eigenvalue weighted by Gasteiger charge is 2.35. The van der Waals surface area contributed by atoms with Crippen molar-refractivity contribution in [3.8, 4) is 11.5 Å². The van der Waals surface area contributed by atoms with Crippen molar-refractivity contribution in [2.75, 3.05) is 27.8 Å². The van der Waals surface area contributed by atoms with Gasteiger partial charge in [0.15, 0.2) is 11.5 Å². The highest BCUT2D eigenvalue weighted by Crippen LogP contribution is 2.38. The topological polar surface area (TPSA) is 54.4 Å². The van der Waals surface area contributed by atoms with Gasteiger partial charge >= 0.3 is 0 Å². The number of nitrogens with zero attached hydrogens (tertiary/aromatic N) is 3. The molecule has 0 saturated heterocycles. The zero-order valence-electron chi connectivity index (χ0n) is 19.3. The molecule has 1 aliphatic heterocycles. The van der Waals surface area contributed by atoms with E-state index in [-0.39, 0.29) is 11.9 Å². The largest absolute Gasteiger partial charge is 0.493 e. The molecule has 0 spiro atoms. The molecule has 2 heterocycles. The molecule has 1 aliphatic carbocycles. The van der Waals surface area contributed by atoms with Crippen molar-refractivity contribution >= 4 is 23.0 Å². The molecule has 1 aromatic heterocycles. The van der Waals surface area contributed by atoms with E-state index in [1.165, 1.54) is 38.5 Å². The number of likely N-dealkylation sites (N-methyl/N-ethyl adjacent to an activating group) is 1. The van der Waals surface area contributed by atoms with Crippen LogP contribution in [-0.4, -0.2) is 55.4 Å². The Balaban J connectivity index is 1.57. The van der Waals surface area contributed by atoms with Crippen LogP contribution in [0.25, 0.3) is 0 Å². The molecule has 0 radical (unpaired) electrons. The Morgan fingerprint density at radius 2 is 1.88 bits per heavy atom. The number of benzene rings is 1. The van der Waals surface area contributed by atoms with E-state index in [0.717, 1.165) is 16.2 Å². The van der Waals surface area contributed by atoms with E-state index >= 15 is 0 Å². The summed E-state index contributed by atoms with van der Waals surface area (Å²) in [6, 6.07) is 10.3. The highest BCUT2D eigenvalue weighted by molar-refractivity contribution is 7.12. The number of amides is 1. The van der Waals surface area contributed by atoms with Crippen LogP contribution in [0.5, 0.6) is 11.5 Å². The summed E-state index contributed by atoms with van der Waals surface area (Å²) >= 11 is 1.66. The smallest absolute Gasteiger partial charge is 0.257 e. The first kappa shape index (κ1) is 22.8. The van der Waals surface area contributed by atoms with Crippen LogP contribution >= 0.6 is 11.3 Å². The normalized spacial score (nSPS) is 19.7. The summed E-state index contributed by atoms with van der Waals surface area (Å²) in [6.45, 7) is 0.385. The van der Waals surface area contributed by atoms with E-state index in [2.05, 4.69) is 18.0 Å². The van der Waals surface area contributed by atoms with Crippen LogP contribution in [0.2, 0.25) is 0 Å². The predicted molar refractivity (Wildman–Crippen MR) is 129 cm³/mol. The first-order valence-corrected chi connectivity index (χ1v) is 12.3. The quantitative estimate of drug-likeness (QED) is 0.545. The van der Waals surface area contributed by atoms with Gasteiger partial charge in [-0.05, 0) is 49.0 Å². The molecule has 0 N–H and O–H groups in total. The lowest BCUT2D eigenvalue weighted by atomic mass is 10.0. The Morgan fingerprint density at radius 3 is 2.53 bits per heavy atom. The lowest BCUT2D eigenvalue weighted by Crippen LogP contribution is -2.41. The molecule has 2 aliphatic rings. The van der Waals surface area contributed by atoms with E-state index in [1.54, 1.807) is 30.6 Å². The van der Waals surface area contributed by atoms with Gasteiger partial charge in [0, 0.05) is 12.5 Å². The Morgan fingerprint density at radius 1 is 1.12 bits per heavy atom. The number of hydrogen-bond donors (Lipinski definition) is 0. The standard InChI is InChI=1S/C25H33N3O3S/c1-27(19-9-6-4-5-7-10-19)17-25(29)28-21(16-20(26-28)24-11-8-14-32-24)18-12-13-22(30-2)23(15-18)31-3/h8,11-15,19,21H,4-7,9-10,16-17H2,1-3H3. The number of hydrogen-bond acceptors (Lipinski definition) is 6. The predicted octanol–water partition coefficient (Wildman–Crippen LogP) is 5.10. The zero-order chi connectivity index (χ0) is 22.5. The Hall–Kier alpha value is -2.38. The van der Waals surface area contributed by atoms with Gasteiger partial charge in [-0.3, -0.25) is 9.69 Å². The van der Waals surface area contributed by atoms with Crippen LogP contribution in [0.4, 0.5) is 0 Å². The lowest BCUT2D eigenvalue weighted by Gasteiger charge is -2.29. The van der Waals surface area contributed by atoms with Crippen molar-refractivity contribution in [2.24, 2.45) is 5.10 Å². The molecule has 1 unspecified atom stereocenters. The summed E-state index contributed by atoms with van der Waals surface area (Å²) in [5.74, 6) is 1.39. The molecule has 1 saturated carbocycles. The minimum Gasteiger partial charge on any atom is -0.493 e. The second-order valence-electron chi connectivity index (χ2n) is 8.66. The van der Waals surface area contributed by atoms with Gasteiger partial charge in [-0.25, -0.2) is 5.01 Å². The number of hydrazone groups is 1. The molecular formula is C25H33N3O3S. The van der Waals surface area contributed by atoms with Gasteiger partial charge < -0.3 is 9.47 Å². The van der Waals surface area contributed by atoms with Gasteiger partial charge in [0.2, 0.25) is 0 Å². The summed E-state index contributed by atoms with van der Waals surface area (Å²) in [7, 11) is 5.35. The van der Waals surface area contributed by atoms with Crippen molar-refractivity contribution in [3.63, 3.8) is 0 Å². The SMILES string of the molecule is COc1ccc(C2CC(c3cccs3)=NN2C(=O)CN(C)C2CCCCCC2)cc1OC. The molecule has 4 rings (SSSR count). The third-order valence-electron chi connectivity index (χ3n) is 6.60. The molecule has 172 valence electrons. The van der Waals surface area contributed by atoms with Crippen LogP contribution in [-0.2, 0) is 4.79 Å². The second kappa shape index (κ2) is 10.5. The van der Waals surface area contributed by atoms with E-state index in [9.17, 15) is 4.79 Å². The molecule has 1 atom stereocenters. The van der Waals surface area contributed by atoms with Crippen molar-refractivity contribution in [2.45, 2.75) is 57.0 Å². The maximum Gasteiger partial charge on any atom is 0.257 e. The fraction of sp³-hybridized carbons (Fsp3) is 0.520. The van der Waals surface area contributed by atoms with Crippen LogP contribution in [0.15, 0.2) is 40.8 Å².